The van der Waals surface area contributed by atoms with E-state index < -0.39 is 0 Å². The Hall–Kier alpha value is -3.26. The Morgan fingerprint density at radius 1 is 0.633 bits per heavy atom. The van der Waals surface area contributed by atoms with Crippen molar-refractivity contribution in [2.45, 2.75) is 39.0 Å². The molecule has 0 N–H and O–H groups in total. The molecule has 2 nitrogen and oxygen atoms in total. The van der Waals surface area contributed by atoms with Gasteiger partial charge in [-0.25, -0.2) is 0 Å². The minimum atomic E-state index is 0.338. The van der Waals surface area contributed by atoms with Crippen LogP contribution in [0.15, 0.2) is 91.3 Å². The monoisotopic (exact) mass is 392 g/mol. The molecule has 0 aliphatic heterocycles. The van der Waals surface area contributed by atoms with E-state index >= 15 is 0 Å². The number of aromatic nitrogens is 2. The third kappa shape index (κ3) is 4.65. The molecule has 0 bridgehead atoms. The number of benzene rings is 2. The van der Waals surface area contributed by atoms with Crippen LogP contribution in [-0.4, -0.2) is 9.97 Å². The lowest BCUT2D eigenvalue weighted by molar-refractivity contribution is 0.731. The Morgan fingerprint density at radius 2 is 1.40 bits per heavy atom. The summed E-state index contributed by atoms with van der Waals surface area (Å²) < 4.78 is 0. The standard InChI is InChI=1S/C28H28N2/c1-20(2)27-13-12-26(19-30-27)24-11-7-8-22(17-24)16-21(3)28-18-25(14-15-29-28)23-9-5-4-6-10-23/h4-15,17-21H,16H2,1-3H3. The van der Waals surface area contributed by atoms with Crippen LogP contribution in [0.2, 0.25) is 0 Å². The van der Waals surface area contributed by atoms with E-state index in [1.165, 1.54) is 22.3 Å². The molecule has 0 spiro atoms. The molecule has 4 aromatic rings. The molecule has 0 aliphatic rings. The molecule has 2 heterocycles. The topological polar surface area (TPSA) is 25.8 Å². The molecule has 150 valence electrons. The molecule has 4 rings (SSSR count). The highest BCUT2D eigenvalue weighted by Crippen LogP contribution is 2.27. The highest BCUT2D eigenvalue weighted by atomic mass is 14.7. The molecule has 0 fully saturated rings. The van der Waals surface area contributed by atoms with Gasteiger partial charge in [-0.15, -0.1) is 0 Å². The van der Waals surface area contributed by atoms with Crippen LogP contribution in [0.1, 0.15) is 49.6 Å². The summed E-state index contributed by atoms with van der Waals surface area (Å²) in [5.74, 6) is 0.788. The summed E-state index contributed by atoms with van der Waals surface area (Å²) in [5.41, 5.74) is 8.41. The zero-order chi connectivity index (χ0) is 20.9. The quantitative estimate of drug-likeness (QED) is 0.344. The number of hydrogen-bond acceptors (Lipinski definition) is 2. The zero-order valence-corrected chi connectivity index (χ0v) is 17.9. The number of rotatable bonds is 6. The molecule has 30 heavy (non-hydrogen) atoms. The van der Waals surface area contributed by atoms with Crippen molar-refractivity contribution < 1.29 is 0 Å². The molecule has 0 aliphatic carbocycles. The number of nitrogens with zero attached hydrogens (tertiary/aromatic N) is 2. The van der Waals surface area contributed by atoms with Gasteiger partial charge in [-0.2, -0.15) is 0 Å². The van der Waals surface area contributed by atoms with Crippen molar-refractivity contribution >= 4 is 0 Å². The second-order valence-electron chi connectivity index (χ2n) is 8.27. The summed E-state index contributed by atoms with van der Waals surface area (Å²) in [6.07, 6.45) is 4.87. The van der Waals surface area contributed by atoms with Gasteiger partial charge in [0.2, 0.25) is 0 Å². The van der Waals surface area contributed by atoms with Crippen molar-refractivity contribution in [3.05, 3.63) is 108 Å². The van der Waals surface area contributed by atoms with Crippen LogP contribution in [0.3, 0.4) is 0 Å². The van der Waals surface area contributed by atoms with Crippen LogP contribution >= 0.6 is 0 Å². The molecule has 0 saturated heterocycles. The van der Waals surface area contributed by atoms with Gasteiger partial charge >= 0.3 is 0 Å². The number of pyridine rings is 2. The Kier molecular flexibility index (Phi) is 6.04. The highest BCUT2D eigenvalue weighted by molar-refractivity contribution is 5.64. The predicted octanol–water partition coefficient (Wildman–Crippen LogP) is 7.28. The first-order valence-corrected chi connectivity index (χ1v) is 10.7. The average molecular weight is 393 g/mol. The molecule has 2 aromatic carbocycles. The van der Waals surface area contributed by atoms with Gasteiger partial charge in [-0.05, 0) is 52.8 Å². The number of hydrogen-bond donors (Lipinski definition) is 0. The van der Waals surface area contributed by atoms with E-state index in [0.29, 0.717) is 11.8 Å². The van der Waals surface area contributed by atoms with Crippen molar-refractivity contribution in [2.24, 2.45) is 0 Å². The van der Waals surface area contributed by atoms with E-state index in [1.807, 2.05) is 18.5 Å². The van der Waals surface area contributed by atoms with Crippen molar-refractivity contribution in [1.82, 2.24) is 9.97 Å². The minimum Gasteiger partial charge on any atom is -0.261 e. The second kappa shape index (κ2) is 9.04. The maximum Gasteiger partial charge on any atom is 0.0441 e. The summed E-state index contributed by atoms with van der Waals surface area (Å²) >= 11 is 0. The largest absolute Gasteiger partial charge is 0.261 e. The Bertz CT molecular complexity index is 1100. The second-order valence-corrected chi connectivity index (χ2v) is 8.27. The highest BCUT2D eigenvalue weighted by Gasteiger charge is 2.11. The summed E-state index contributed by atoms with van der Waals surface area (Å²) in [5, 5.41) is 0. The smallest absolute Gasteiger partial charge is 0.0441 e. The Morgan fingerprint density at radius 3 is 2.13 bits per heavy atom. The minimum absolute atomic E-state index is 0.338. The molecule has 2 aromatic heterocycles. The fraction of sp³-hybridized carbons (Fsp3) is 0.214. The van der Waals surface area contributed by atoms with Gasteiger partial charge in [0.15, 0.2) is 0 Å². The van der Waals surface area contributed by atoms with Crippen LogP contribution in [0.4, 0.5) is 0 Å². The molecule has 0 radical (unpaired) electrons. The molecule has 0 amide bonds. The van der Waals surface area contributed by atoms with Crippen molar-refractivity contribution in [2.75, 3.05) is 0 Å². The van der Waals surface area contributed by atoms with Crippen LogP contribution < -0.4 is 0 Å². The SMILES string of the molecule is CC(C)c1ccc(-c2cccc(CC(C)c3cc(-c4ccccc4)ccn3)c2)cn1. The van der Waals surface area contributed by atoms with Gasteiger partial charge in [0.25, 0.3) is 0 Å². The van der Waals surface area contributed by atoms with E-state index in [0.717, 1.165) is 23.4 Å². The van der Waals surface area contributed by atoms with Gasteiger partial charge in [0.1, 0.15) is 0 Å². The molecule has 0 saturated carbocycles. The third-order valence-electron chi connectivity index (χ3n) is 5.57. The maximum absolute atomic E-state index is 4.66. The fourth-order valence-corrected chi connectivity index (χ4v) is 3.78. The van der Waals surface area contributed by atoms with Gasteiger partial charge < -0.3 is 0 Å². The average Bonchev–Trinajstić information content (AvgIpc) is 2.80. The van der Waals surface area contributed by atoms with Crippen molar-refractivity contribution in [3.63, 3.8) is 0 Å². The van der Waals surface area contributed by atoms with E-state index in [2.05, 4.69) is 104 Å². The molecule has 2 heteroatoms. The molecule has 1 unspecified atom stereocenters. The Labute approximate surface area is 179 Å². The van der Waals surface area contributed by atoms with Gasteiger partial charge in [0, 0.05) is 35.3 Å². The fourth-order valence-electron chi connectivity index (χ4n) is 3.78. The van der Waals surface area contributed by atoms with Crippen LogP contribution in [0, 0.1) is 0 Å². The molecular weight excluding hydrogens is 364 g/mol. The first-order chi connectivity index (χ1) is 14.6. The molecular formula is C28H28N2. The van der Waals surface area contributed by atoms with E-state index in [1.54, 1.807) is 0 Å². The van der Waals surface area contributed by atoms with Gasteiger partial charge in [-0.1, -0.05) is 81.4 Å². The van der Waals surface area contributed by atoms with Gasteiger partial charge in [0.05, 0.1) is 0 Å². The lowest BCUT2D eigenvalue weighted by Crippen LogP contribution is -2.01. The first-order valence-electron chi connectivity index (χ1n) is 10.7. The Balaban J connectivity index is 1.53. The lowest BCUT2D eigenvalue weighted by Gasteiger charge is -2.14. The summed E-state index contributed by atoms with van der Waals surface area (Å²) in [7, 11) is 0. The van der Waals surface area contributed by atoms with E-state index in [4.69, 9.17) is 0 Å². The van der Waals surface area contributed by atoms with Crippen LogP contribution in [0.25, 0.3) is 22.3 Å². The first kappa shape index (κ1) is 20.0. The summed E-state index contributed by atoms with van der Waals surface area (Å²) in [6.45, 7) is 6.60. The summed E-state index contributed by atoms with van der Waals surface area (Å²) in [4.78, 5) is 9.28. The zero-order valence-electron chi connectivity index (χ0n) is 17.9. The van der Waals surface area contributed by atoms with Crippen LogP contribution in [0.5, 0.6) is 0 Å². The summed E-state index contributed by atoms with van der Waals surface area (Å²) in [6, 6.07) is 27.9. The van der Waals surface area contributed by atoms with Crippen molar-refractivity contribution in [1.29, 1.82) is 0 Å². The predicted molar refractivity (Wildman–Crippen MR) is 126 cm³/mol. The lowest BCUT2D eigenvalue weighted by atomic mass is 9.94. The maximum atomic E-state index is 4.66. The van der Waals surface area contributed by atoms with E-state index in [-0.39, 0.29) is 0 Å². The van der Waals surface area contributed by atoms with Gasteiger partial charge in [-0.3, -0.25) is 9.97 Å². The normalized spacial score (nSPS) is 12.1. The molecule has 1 atom stereocenters. The van der Waals surface area contributed by atoms with E-state index in [9.17, 15) is 0 Å². The van der Waals surface area contributed by atoms with Crippen molar-refractivity contribution in [3.8, 4) is 22.3 Å². The van der Waals surface area contributed by atoms with Crippen LogP contribution in [-0.2, 0) is 6.42 Å². The third-order valence-corrected chi connectivity index (χ3v) is 5.57.